The molecule has 2 aliphatic heterocycles. The van der Waals surface area contributed by atoms with Gasteiger partial charge < -0.3 is 14.5 Å². The molecule has 0 spiro atoms. The van der Waals surface area contributed by atoms with Crippen molar-refractivity contribution < 1.29 is 9.53 Å². The number of nitrogens with zero attached hydrogens (tertiary/aromatic N) is 3. The Balaban J connectivity index is 1.76. The fourth-order valence-corrected chi connectivity index (χ4v) is 3.24. The molecule has 3 heterocycles. The molecule has 5 nitrogen and oxygen atoms in total. The highest BCUT2D eigenvalue weighted by molar-refractivity contribution is 9.10. The molecular formula is C14H18BrN3O2. The summed E-state index contributed by atoms with van der Waals surface area (Å²) in [4.78, 5) is 21.0. The second-order valence-electron chi connectivity index (χ2n) is 5.15. The number of amides is 1. The van der Waals surface area contributed by atoms with Crippen LogP contribution in [-0.2, 0) is 9.53 Å². The summed E-state index contributed by atoms with van der Waals surface area (Å²) in [5, 5.41) is 0. The Kier molecular flexibility index (Phi) is 4.21. The number of hydrogen-bond donors (Lipinski definition) is 0. The lowest BCUT2D eigenvalue weighted by Gasteiger charge is -2.33. The molecule has 20 heavy (non-hydrogen) atoms. The fraction of sp³-hybridized carbons (Fsp3) is 0.571. The van der Waals surface area contributed by atoms with Gasteiger partial charge in [-0.25, -0.2) is 0 Å². The molecule has 2 aliphatic rings. The minimum Gasteiger partial charge on any atom is -0.378 e. The van der Waals surface area contributed by atoms with Gasteiger partial charge in [-0.05, 0) is 34.8 Å². The molecule has 1 aromatic heterocycles. The van der Waals surface area contributed by atoms with Gasteiger partial charge in [-0.15, -0.1) is 0 Å². The van der Waals surface area contributed by atoms with E-state index in [1.54, 1.807) is 6.20 Å². The third-order valence-corrected chi connectivity index (χ3v) is 4.32. The minimum absolute atomic E-state index is 0.0517. The molecule has 1 amide bonds. The van der Waals surface area contributed by atoms with Crippen molar-refractivity contribution in [1.82, 2.24) is 9.88 Å². The van der Waals surface area contributed by atoms with E-state index in [-0.39, 0.29) is 11.9 Å². The summed E-state index contributed by atoms with van der Waals surface area (Å²) in [7, 11) is 0. The van der Waals surface area contributed by atoms with Crippen molar-refractivity contribution in [3.05, 3.63) is 22.9 Å². The molecule has 0 bridgehead atoms. The fourth-order valence-electron chi connectivity index (χ4n) is 2.88. The number of aromatic nitrogens is 1. The first kappa shape index (κ1) is 13.8. The average molecular weight is 340 g/mol. The molecule has 0 saturated carbocycles. The number of hydrogen-bond acceptors (Lipinski definition) is 4. The van der Waals surface area contributed by atoms with Crippen molar-refractivity contribution >= 4 is 27.5 Å². The molecule has 0 radical (unpaired) electrons. The highest BCUT2D eigenvalue weighted by Gasteiger charge is 2.34. The molecule has 1 atom stereocenters. The second kappa shape index (κ2) is 6.10. The maximum atomic E-state index is 12.7. The van der Waals surface area contributed by atoms with Gasteiger partial charge >= 0.3 is 0 Å². The summed E-state index contributed by atoms with van der Waals surface area (Å²) >= 11 is 3.44. The van der Waals surface area contributed by atoms with E-state index in [0.29, 0.717) is 26.3 Å². The summed E-state index contributed by atoms with van der Waals surface area (Å²) < 4.78 is 6.26. The molecule has 0 aliphatic carbocycles. The average Bonchev–Trinajstić information content (AvgIpc) is 2.97. The maximum absolute atomic E-state index is 12.7. The zero-order chi connectivity index (χ0) is 13.9. The molecule has 0 N–H and O–H groups in total. The van der Waals surface area contributed by atoms with E-state index in [1.807, 2.05) is 17.2 Å². The third-order valence-electron chi connectivity index (χ3n) is 3.88. The summed E-state index contributed by atoms with van der Waals surface area (Å²) in [6.07, 6.45) is 5.56. The summed E-state index contributed by atoms with van der Waals surface area (Å²) in [5.41, 5.74) is 1.02. The summed E-state index contributed by atoms with van der Waals surface area (Å²) in [5.74, 6) is 0.228. The van der Waals surface area contributed by atoms with Crippen molar-refractivity contribution in [3.8, 4) is 0 Å². The molecule has 0 unspecified atom stereocenters. The van der Waals surface area contributed by atoms with Crippen LogP contribution in [0.4, 0.5) is 5.69 Å². The number of morpholine rings is 1. The quantitative estimate of drug-likeness (QED) is 0.822. The standard InChI is InChI=1S/C14H18BrN3O2/c15-11-8-12(10-16-9-11)18-3-1-2-13(18)14(19)17-4-6-20-7-5-17/h8-10,13H,1-7H2/t13-/m0/s1. The van der Waals surface area contributed by atoms with Gasteiger partial charge in [0.1, 0.15) is 6.04 Å². The van der Waals surface area contributed by atoms with Gasteiger partial charge in [0.25, 0.3) is 0 Å². The number of rotatable bonds is 2. The van der Waals surface area contributed by atoms with Gasteiger partial charge in [0.05, 0.1) is 25.1 Å². The van der Waals surface area contributed by atoms with E-state index >= 15 is 0 Å². The predicted octanol–water partition coefficient (Wildman–Crippen LogP) is 1.67. The number of carbonyl (C=O) groups is 1. The van der Waals surface area contributed by atoms with Crippen LogP contribution in [0.3, 0.4) is 0 Å². The lowest BCUT2D eigenvalue weighted by atomic mass is 10.1. The lowest BCUT2D eigenvalue weighted by molar-refractivity contribution is -0.136. The normalized spacial score (nSPS) is 23.1. The molecule has 2 fully saturated rings. The highest BCUT2D eigenvalue weighted by atomic mass is 79.9. The molecule has 0 aromatic carbocycles. The first-order chi connectivity index (χ1) is 9.75. The van der Waals surface area contributed by atoms with E-state index < -0.39 is 0 Å². The van der Waals surface area contributed by atoms with Crippen LogP contribution in [0.25, 0.3) is 0 Å². The number of ether oxygens (including phenoxy) is 1. The van der Waals surface area contributed by atoms with Crippen LogP contribution in [0.1, 0.15) is 12.8 Å². The maximum Gasteiger partial charge on any atom is 0.245 e. The van der Waals surface area contributed by atoms with Gasteiger partial charge in [-0.1, -0.05) is 0 Å². The Morgan fingerprint density at radius 3 is 2.85 bits per heavy atom. The Morgan fingerprint density at radius 2 is 2.10 bits per heavy atom. The largest absolute Gasteiger partial charge is 0.378 e. The number of pyridine rings is 1. The number of carbonyl (C=O) groups excluding carboxylic acids is 1. The van der Waals surface area contributed by atoms with E-state index in [4.69, 9.17) is 4.74 Å². The van der Waals surface area contributed by atoms with Gasteiger partial charge in [0.2, 0.25) is 5.91 Å². The topological polar surface area (TPSA) is 45.7 Å². The van der Waals surface area contributed by atoms with Crippen molar-refractivity contribution in [1.29, 1.82) is 0 Å². The van der Waals surface area contributed by atoms with Crippen LogP contribution in [0.2, 0.25) is 0 Å². The monoisotopic (exact) mass is 339 g/mol. The SMILES string of the molecule is O=C([C@@H]1CCCN1c1cncc(Br)c1)N1CCOCC1. The van der Waals surface area contributed by atoms with Gasteiger partial charge in [-0.2, -0.15) is 0 Å². The Labute approximate surface area is 127 Å². The van der Waals surface area contributed by atoms with Crippen LogP contribution < -0.4 is 4.90 Å². The first-order valence-corrected chi connectivity index (χ1v) is 7.79. The van der Waals surface area contributed by atoms with Crippen LogP contribution >= 0.6 is 15.9 Å². The van der Waals surface area contributed by atoms with Crippen LogP contribution in [-0.4, -0.2) is 54.7 Å². The van der Waals surface area contributed by atoms with Gasteiger partial charge in [0, 0.05) is 30.3 Å². The van der Waals surface area contributed by atoms with Crippen molar-refractivity contribution in [3.63, 3.8) is 0 Å². The lowest BCUT2D eigenvalue weighted by Crippen LogP contribution is -2.49. The van der Waals surface area contributed by atoms with Crippen LogP contribution in [0, 0.1) is 0 Å². The van der Waals surface area contributed by atoms with E-state index in [0.717, 1.165) is 29.5 Å². The molecule has 1 aromatic rings. The third kappa shape index (κ3) is 2.81. The van der Waals surface area contributed by atoms with Gasteiger partial charge in [-0.3, -0.25) is 9.78 Å². The zero-order valence-electron chi connectivity index (χ0n) is 11.3. The zero-order valence-corrected chi connectivity index (χ0v) is 12.9. The van der Waals surface area contributed by atoms with Crippen LogP contribution in [0.15, 0.2) is 22.9 Å². The van der Waals surface area contributed by atoms with E-state index in [1.165, 1.54) is 0 Å². The Morgan fingerprint density at radius 1 is 1.30 bits per heavy atom. The smallest absolute Gasteiger partial charge is 0.245 e. The van der Waals surface area contributed by atoms with E-state index in [9.17, 15) is 4.79 Å². The summed E-state index contributed by atoms with van der Waals surface area (Å²) in [6.45, 7) is 3.63. The van der Waals surface area contributed by atoms with E-state index in [2.05, 4.69) is 25.8 Å². The first-order valence-electron chi connectivity index (χ1n) is 6.99. The Bertz CT molecular complexity index is 491. The highest BCUT2D eigenvalue weighted by Crippen LogP contribution is 2.28. The molecule has 6 heteroatoms. The summed E-state index contributed by atoms with van der Waals surface area (Å²) in [6, 6.07) is 1.97. The molecular weight excluding hydrogens is 322 g/mol. The second-order valence-corrected chi connectivity index (χ2v) is 6.07. The van der Waals surface area contributed by atoms with Gasteiger partial charge in [0.15, 0.2) is 0 Å². The number of halogens is 1. The predicted molar refractivity (Wildman–Crippen MR) is 79.7 cm³/mol. The number of anilines is 1. The molecule has 2 saturated heterocycles. The Hall–Kier alpha value is -1.14. The van der Waals surface area contributed by atoms with Crippen molar-refractivity contribution in [2.45, 2.75) is 18.9 Å². The minimum atomic E-state index is -0.0517. The van der Waals surface area contributed by atoms with Crippen molar-refractivity contribution in [2.24, 2.45) is 0 Å². The molecule has 3 rings (SSSR count). The molecule has 108 valence electrons. The van der Waals surface area contributed by atoms with Crippen LogP contribution in [0.5, 0.6) is 0 Å². The van der Waals surface area contributed by atoms with Crippen molar-refractivity contribution in [2.75, 3.05) is 37.7 Å².